The van der Waals surface area contributed by atoms with Crippen molar-refractivity contribution in [2.75, 3.05) is 31.6 Å². The van der Waals surface area contributed by atoms with Gasteiger partial charge in [0.1, 0.15) is 0 Å². The van der Waals surface area contributed by atoms with Gasteiger partial charge in [-0.1, -0.05) is 12.1 Å². The lowest BCUT2D eigenvalue weighted by Crippen LogP contribution is -2.41. The second-order valence-corrected chi connectivity index (χ2v) is 5.20. The van der Waals surface area contributed by atoms with Crippen LogP contribution in [0, 0.1) is 6.92 Å². The molecule has 1 amide bonds. The van der Waals surface area contributed by atoms with Crippen LogP contribution in [0.2, 0.25) is 0 Å². The number of hydrogen-bond acceptors (Lipinski definition) is 5. The first-order valence-electron chi connectivity index (χ1n) is 7.27. The molecule has 1 aromatic carbocycles. The number of nitrogens with zero attached hydrogens (tertiary/aromatic N) is 3. The first-order chi connectivity index (χ1) is 10.7. The van der Waals surface area contributed by atoms with Gasteiger partial charge >= 0.3 is 0 Å². The van der Waals surface area contributed by atoms with E-state index in [1.807, 2.05) is 31.2 Å². The van der Waals surface area contributed by atoms with Gasteiger partial charge in [0.2, 0.25) is 0 Å². The number of aryl methyl sites for hydroxylation is 1. The van der Waals surface area contributed by atoms with E-state index in [2.05, 4.69) is 15.5 Å². The van der Waals surface area contributed by atoms with Crippen LogP contribution in [0.4, 0.5) is 11.5 Å². The zero-order valence-electron chi connectivity index (χ0n) is 12.5. The zero-order chi connectivity index (χ0) is 15.4. The SMILES string of the molecule is Cc1cccc(Nc2ccc(C(=O)N3CCOCC3)nn2)c1. The number of nitrogens with one attached hydrogen (secondary N) is 1. The molecule has 1 aliphatic heterocycles. The maximum Gasteiger partial charge on any atom is 0.274 e. The van der Waals surface area contributed by atoms with Gasteiger partial charge < -0.3 is 15.0 Å². The Morgan fingerprint density at radius 1 is 1.18 bits per heavy atom. The lowest BCUT2D eigenvalue weighted by Gasteiger charge is -2.26. The molecule has 0 bridgehead atoms. The predicted octanol–water partition coefficient (Wildman–Crippen LogP) is 2.00. The van der Waals surface area contributed by atoms with Crippen molar-refractivity contribution in [2.24, 2.45) is 0 Å². The summed E-state index contributed by atoms with van der Waals surface area (Å²) < 4.78 is 5.24. The molecule has 22 heavy (non-hydrogen) atoms. The van der Waals surface area contributed by atoms with Crippen molar-refractivity contribution in [1.29, 1.82) is 0 Å². The van der Waals surface area contributed by atoms with Gasteiger partial charge in [0.15, 0.2) is 11.5 Å². The molecule has 0 atom stereocenters. The quantitative estimate of drug-likeness (QED) is 0.938. The second-order valence-electron chi connectivity index (χ2n) is 5.20. The van der Waals surface area contributed by atoms with Crippen molar-refractivity contribution in [1.82, 2.24) is 15.1 Å². The summed E-state index contributed by atoms with van der Waals surface area (Å²) in [6.45, 7) is 4.38. The minimum absolute atomic E-state index is 0.0992. The first-order valence-corrected chi connectivity index (χ1v) is 7.27. The predicted molar refractivity (Wildman–Crippen MR) is 83.2 cm³/mol. The van der Waals surface area contributed by atoms with E-state index in [1.165, 1.54) is 0 Å². The molecular weight excluding hydrogens is 280 g/mol. The minimum Gasteiger partial charge on any atom is -0.378 e. The van der Waals surface area contributed by atoms with Crippen LogP contribution in [-0.2, 0) is 4.74 Å². The average Bonchev–Trinajstić information content (AvgIpc) is 2.56. The molecule has 0 aliphatic carbocycles. The van der Waals surface area contributed by atoms with Crippen molar-refractivity contribution in [2.45, 2.75) is 6.92 Å². The highest BCUT2D eigenvalue weighted by atomic mass is 16.5. The second kappa shape index (κ2) is 6.53. The Kier molecular flexibility index (Phi) is 4.29. The van der Waals surface area contributed by atoms with Gasteiger partial charge in [-0.2, -0.15) is 0 Å². The van der Waals surface area contributed by atoms with Crippen LogP contribution in [0.1, 0.15) is 16.1 Å². The van der Waals surface area contributed by atoms with E-state index < -0.39 is 0 Å². The third-order valence-corrected chi connectivity index (χ3v) is 3.47. The number of carbonyl (C=O) groups is 1. The summed E-state index contributed by atoms with van der Waals surface area (Å²) in [6, 6.07) is 11.4. The molecule has 6 heteroatoms. The third-order valence-electron chi connectivity index (χ3n) is 3.47. The van der Waals surface area contributed by atoms with Crippen molar-refractivity contribution in [3.63, 3.8) is 0 Å². The molecule has 1 aromatic heterocycles. The van der Waals surface area contributed by atoms with Gasteiger partial charge in [-0.25, -0.2) is 0 Å². The van der Waals surface area contributed by atoms with Gasteiger partial charge in [0.05, 0.1) is 13.2 Å². The molecule has 3 rings (SSSR count). The number of carbonyl (C=O) groups excluding carboxylic acids is 1. The molecule has 0 spiro atoms. The van der Waals surface area contributed by atoms with Crippen LogP contribution in [-0.4, -0.2) is 47.3 Å². The molecule has 0 unspecified atom stereocenters. The number of rotatable bonds is 3. The topological polar surface area (TPSA) is 67.4 Å². The average molecular weight is 298 g/mol. The monoisotopic (exact) mass is 298 g/mol. The normalized spacial score (nSPS) is 14.7. The molecule has 114 valence electrons. The Balaban J connectivity index is 1.68. The fraction of sp³-hybridized carbons (Fsp3) is 0.312. The van der Waals surface area contributed by atoms with E-state index in [-0.39, 0.29) is 5.91 Å². The van der Waals surface area contributed by atoms with E-state index in [0.717, 1.165) is 11.3 Å². The Hall–Kier alpha value is -2.47. The number of amides is 1. The van der Waals surface area contributed by atoms with Gasteiger partial charge in [-0.15, -0.1) is 10.2 Å². The maximum atomic E-state index is 12.3. The fourth-order valence-corrected chi connectivity index (χ4v) is 2.31. The third kappa shape index (κ3) is 3.40. The standard InChI is InChI=1S/C16H18N4O2/c1-12-3-2-4-13(11-12)17-15-6-5-14(18-19-15)16(21)20-7-9-22-10-8-20/h2-6,11H,7-10H2,1H3,(H,17,19). The molecule has 1 N–H and O–H groups in total. The number of morpholine rings is 1. The summed E-state index contributed by atoms with van der Waals surface area (Å²) in [4.78, 5) is 14.0. The van der Waals surface area contributed by atoms with Crippen LogP contribution in [0.25, 0.3) is 0 Å². The lowest BCUT2D eigenvalue weighted by molar-refractivity contribution is 0.0298. The summed E-state index contributed by atoms with van der Waals surface area (Å²) in [5.41, 5.74) is 2.47. The van der Waals surface area contributed by atoms with E-state index in [0.29, 0.717) is 37.8 Å². The molecule has 6 nitrogen and oxygen atoms in total. The van der Waals surface area contributed by atoms with Gasteiger partial charge in [-0.05, 0) is 36.8 Å². The van der Waals surface area contributed by atoms with Crippen LogP contribution in [0.3, 0.4) is 0 Å². The van der Waals surface area contributed by atoms with Crippen LogP contribution < -0.4 is 5.32 Å². The Labute approximate surface area is 129 Å². The zero-order valence-corrected chi connectivity index (χ0v) is 12.5. The van der Waals surface area contributed by atoms with Crippen LogP contribution in [0.5, 0.6) is 0 Å². The molecule has 1 fully saturated rings. The lowest BCUT2D eigenvalue weighted by atomic mass is 10.2. The van der Waals surface area contributed by atoms with Crippen molar-refractivity contribution >= 4 is 17.4 Å². The Morgan fingerprint density at radius 3 is 2.68 bits per heavy atom. The minimum atomic E-state index is -0.0992. The van der Waals surface area contributed by atoms with Gasteiger partial charge in [0.25, 0.3) is 5.91 Å². The highest BCUT2D eigenvalue weighted by Crippen LogP contribution is 2.15. The fourth-order valence-electron chi connectivity index (χ4n) is 2.31. The number of hydrogen-bond donors (Lipinski definition) is 1. The number of aromatic nitrogens is 2. The Morgan fingerprint density at radius 2 is 2.00 bits per heavy atom. The summed E-state index contributed by atoms with van der Waals surface area (Å²) in [6.07, 6.45) is 0. The summed E-state index contributed by atoms with van der Waals surface area (Å²) >= 11 is 0. The van der Waals surface area contributed by atoms with Crippen molar-refractivity contribution in [3.05, 3.63) is 47.7 Å². The summed E-state index contributed by atoms with van der Waals surface area (Å²) in [5, 5.41) is 11.3. The number of benzene rings is 1. The Bertz CT molecular complexity index is 651. The van der Waals surface area contributed by atoms with Gasteiger partial charge in [-0.3, -0.25) is 4.79 Å². The van der Waals surface area contributed by atoms with E-state index in [1.54, 1.807) is 17.0 Å². The molecule has 1 saturated heterocycles. The largest absolute Gasteiger partial charge is 0.378 e. The number of anilines is 2. The van der Waals surface area contributed by atoms with E-state index in [9.17, 15) is 4.79 Å². The molecule has 1 aliphatic rings. The smallest absolute Gasteiger partial charge is 0.274 e. The summed E-state index contributed by atoms with van der Waals surface area (Å²) in [5.74, 6) is 0.516. The van der Waals surface area contributed by atoms with Gasteiger partial charge in [0, 0.05) is 18.8 Å². The molecule has 0 saturated carbocycles. The highest BCUT2D eigenvalue weighted by molar-refractivity contribution is 5.92. The van der Waals surface area contributed by atoms with E-state index in [4.69, 9.17) is 4.74 Å². The van der Waals surface area contributed by atoms with Crippen molar-refractivity contribution < 1.29 is 9.53 Å². The van der Waals surface area contributed by atoms with E-state index >= 15 is 0 Å². The van der Waals surface area contributed by atoms with Crippen LogP contribution >= 0.6 is 0 Å². The molecule has 0 radical (unpaired) electrons. The summed E-state index contributed by atoms with van der Waals surface area (Å²) in [7, 11) is 0. The van der Waals surface area contributed by atoms with Crippen LogP contribution in [0.15, 0.2) is 36.4 Å². The number of ether oxygens (including phenoxy) is 1. The molecule has 2 aromatic rings. The highest BCUT2D eigenvalue weighted by Gasteiger charge is 2.19. The van der Waals surface area contributed by atoms with Crippen molar-refractivity contribution in [3.8, 4) is 0 Å². The maximum absolute atomic E-state index is 12.3. The first kappa shape index (κ1) is 14.5. The molecular formula is C16H18N4O2. The molecule has 2 heterocycles.